The summed E-state index contributed by atoms with van der Waals surface area (Å²) in [6.07, 6.45) is 0.192. The molecule has 26 heavy (non-hydrogen) atoms. The number of carbonyl (C=O) groups is 1. The van der Waals surface area contributed by atoms with Crippen molar-refractivity contribution in [2.24, 2.45) is 0 Å². The number of anilines is 1. The molecule has 6 nitrogen and oxygen atoms in total. The van der Waals surface area contributed by atoms with Gasteiger partial charge < -0.3 is 14.8 Å². The van der Waals surface area contributed by atoms with E-state index in [1.165, 1.54) is 11.3 Å². The van der Waals surface area contributed by atoms with Gasteiger partial charge in [0.05, 0.1) is 6.42 Å². The Hall–Kier alpha value is -2.45. The number of carbonyl (C=O) groups excluding carboxylic acids is 1. The van der Waals surface area contributed by atoms with Gasteiger partial charge in [-0.1, -0.05) is 57.6 Å². The lowest BCUT2D eigenvalue weighted by Crippen LogP contribution is -2.17. The molecule has 1 aliphatic heterocycles. The zero-order valence-corrected chi connectivity index (χ0v) is 16.0. The van der Waals surface area contributed by atoms with Gasteiger partial charge in [0.1, 0.15) is 18.2 Å². The highest BCUT2D eigenvalue weighted by atomic mass is 79.9. The summed E-state index contributed by atoms with van der Waals surface area (Å²) in [5.74, 6) is 1.17. The van der Waals surface area contributed by atoms with Gasteiger partial charge in [0.2, 0.25) is 11.0 Å². The second-order valence-electron chi connectivity index (χ2n) is 5.59. The van der Waals surface area contributed by atoms with Crippen molar-refractivity contribution in [3.8, 4) is 22.1 Å². The topological polar surface area (TPSA) is 73.3 Å². The number of nitrogens with one attached hydrogen (secondary N) is 1. The van der Waals surface area contributed by atoms with Gasteiger partial charge in [-0.25, -0.2) is 0 Å². The number of aromatic nitrogens is 2. The number of amides is 1. The Balaban J connectivity index is 1.45. The first-order valence-electron chi connectivity index (χ1n) is 7.96. The fourth-order valence-corrected chi connectivity index (χ4v) is 3.78. The Morgan fingerprint density at radius 3 is 2.62 bits per heavy atom. The monoisotopic (exact) mass is 431 g/mol. The van der Waals surface area contributed by atoms with Crippen LogP contribution in [0.4, 0.5) is 5.13 Å². The summed E-state index contributed by atoms with van der Waals surface area (Å²) >= 11 is 4.82. The Labute approximate surface area is 162 Å². The predicted octanol–water partition coefficient (Wildman–Crippen LogP) is 3.92. The molecule has 2 heterocycles. The summed E-state index contributed by atoms with van der Waals surface area (Å²) in [5.41, 5.74) is 1.79. The average Bonchev–Trinajstić information content (AvgIpc) is 3.11. The van der Waals surface area contributed by atoms with Crippen LogP contribution < -0.4 is 14.8 Å². The molecule has 0 bridgehead atoms. The largest absolute Gasteiger partial charge is 0.486 e. The fraction of sp³-hybridized carbons (Fsp3) is 0.167. The van der Waals surface area contributed by atoms with E-state index in [9.17, 15) is 4.79 Å². The Morgan fingerprint density at radius 1 is 1.12 bits per heavy atom. The maximum atomic E-state index is 12.4. The quantitative estimate of drug-likeness (QED) is 0.677. The predicted molar refractivity (Wildman–Crippen MR) is 103 cm³/mol. The minimum atomic E-state index is -0.168. The molecule has 3 aromatic rings. The smallest absolute Gasteiger partial charge is 0.230 e. The zero-order chi connectivity index (χ0) is 17.9. The SMILES string of the molecule is O=C(Cc1cc2c(cc1Br)OCCO2)Nc1nnc(-c2ccccc2)s1. The van der Waals surface area contributed by atoms with Crippen LogP contribution in [0.25, 0.3) is 10.6 Å². The number of rotatable bonds is 4. The lowest BCUT2D eigenvalue weighted by molar-refractivity contribution is -0.115. The van der Waals surface area contributed by atoms with Crippen molar-refractivity contribution in [2.45, 2.75) is 6.42 Å². The van der Waals surface area contributed by atoms with E-state index in [1.807, 2.05) is 42.5 Å². The first-order valence-corrected chi connectivity index (χ1v) is 9.57. The van der Waals surface area contributed by atoms with Crippen LogP contribution in [-0.2, 0) is 11.2 Å². The van der Waals surface area contributed by atoms with E-state index in [0.29, 0.717) is 29.8 Å². The molecule has 0 spiro atoms. The number of hydrogen-bond acceptors (Lipinski definition) is 6. The lowest BCUT2D eigenvalue weighted by Gasteiger charge is -2.19. The van der Waals surface area contributed by atoms with Gasteiger partial charge in [-0.15, -0.1) is 10.2 Å². The third-order valence-corrected chi connectivity index (χ3v) is 5.38. The van der Waals surface area contributed by atoms with Gasteiger partial charge in [-0.2, -0.15) is 0 Å². The fourth-order valence-electron chi connectivity index (χ4n) is 2.55. The van der Waals surface area contributed by atoms with E-state index in [1.54, 1.807) is 0 Å². The molecule has 0 unspecified atom stereocenters. The van der Waals surface area contributed by atoms with E-state index >= 15 is 0 Å². The molecular formula is C18H14BrN3O3S. The molecule has 1 aliphatic rings. The second kappa shape index (κ2) is 7.43. The summed E-state index contributed by atoms with van der Waals surface area (Å²) in [6, 6.07) is 13.4. The average molecular weight is 432 g/mol. The van der Waals surface area contributed by atoms with Gasteiger partial charge in [0.25, 0.3) is 0 Å². The molecular weight excluding hydrogens is 418 g/mol. The summed E-state index contributed by atoms with van der Waals surface area (Å²) in [7, 11) is 0. The molecule has 4 rings (SSSR count). The lowest BCUT2D eigenvalue weighted by atomic mass is 10.1. The first-order chi connectivity index (χ1) is 12.7. The number of benzene rings is 2. The van der Waals surface area contributed by atoms with Crippen LogP contribution >= 0.6 is 27.3 Å². The molecule has 1 N–H and O–H groups in total. The minimum absolute atomic E-state index is 0.168. The van der Waals surface area contributed by atoms with Gasteiger partial charge in [-0.05, 0) is 17.7 Å². The van der Waals surface area contributed by atoms with Gasteiger partial charge >= 0.3 is 0 Å². The molecule has 8 heteroatoms. The van der Waals surface area contributed by atoms with Crippen molar-refractivity contribution in [1.82, 2.24) is 10.2 Å². The number of fused-ring (bicyclic) bond motifs is 1. The van der Waals surface area contributed by atoms with E-state index in [4.69, 9.17) is 9.47 Å². The van der Waals surface area contributed by atoms with Crippen LogP contribution in [0.2, 0.25) is 0 Å². The molecule has 0 saturated carbocycles. The molecule has 1 aromatic heterocycles. The first kappa shape index (κ1) is 17.0. The third kappa shape index (κ3) is 3.71. The van der Waals surface area contributed by atoms with E-state index in [0.717, 1.165) is 20.6 Å². The zero-order valence-electron chi connectivity index (χ0n) is 13.6. The molecule has 0 fully saturated rings. The number of halogens is 1. The number of nitrogens with zero attached hydrogens (tertiary/aromatic N) is 2. The summed E-state index contributed by atoms with van der Waals surface area (Å²) < 4.78 is 11.9. The molecule has 2 aromatic carbocycles. The number of hydrogen-bond donors (Lipinski definition) is 1. The molecule has 1 amide bonds. The molecule has 0 radical (unpaired) electrons. The Bertz CT molecular complexity index is 946. The normalized spacial score (nSPS) is 12.7. The van der Waals surface area contributed by atoms with E-state index in [2.05, 4.69) is 31.4 Å². The highest BCUT2D eigenvalue weighted by molar-refractivity contribution is 9.10. The van der Waals surface area contributed by atoms with Crippen LogP contribution in [0.3, 0.4) is 0 Å². The van der Waals surface area contributed by atoms with Crippen LogP contribution in [-0.4, -0.2) is 29.3 Å². The van der Waals surface area contributed by atoms with Crippen LogP contribution in [0, 0.1) is 0 Å². The van der Waals surface area contributed by atoms with Crippen molar-refractivity contribution in [2.75, 3.05) is 18.5 Å². The van der Waals surface area contributed by atoms with Crippen molar-refractivity contribution in [3.63, 3.8) is 0 Å². The van der Waals surface area contributed by atoms with Crippen molar-refractivity contribution < 1.29 is 14.3 Å². The van der Waals surface area contributed by atoms with Crippen LogP contribution in [0.5, 0.6) is 11.5 Å². The van der Waals surface area contributed by atoms with E-state index in [-0.39, 0.29) is 12.3 Å². The van der Waals surface area contributed by atoms with Gasteiger partial charge in [0, 0.05) is 10.0 Å². The van der Waals surface area contributed by atoms with Crippen molar-refractivity contribution >= 4 is 38.3 Å². The van der Waals surface area contributed by atoms with Crippen LogP contribution in [0.1, 0.15) is 5.56 Å². The van der Waals surface area contributed by atoms with Crippen molar-refractivity contribution in [1.29, 1.82) is 0 Å². The third-order valence-electron chi connectivity index (χ3n) is 3.75. The molecule has 0 saturated heterocycles. The summed E-state index contributed by atoms with van der Waals surface area (Å²) in [5, 5.41) is 12.2. The molecule has 132 valence electrons. The van der Waals surface area contributed by atoms with Crippen LogP contribution in [0.15, 0.2) is 46.9 Å². The van der Waals surface area contributed by atoms with Crippen molar-refractivity contribution in [3.05, 3.63) is 52.5 Å². The van der Waals surface area contributed by atoms with Gasteiger partial charge in [0.15, 0.2) is 11.5 Å². The maximum absolute atomic E-state index is 12.4. The van der Waals surface area contributed by atoms with E-state index < -0.39 is 0 Å². The molecule has 0 atom stereocenters. The standard InChI is InChI=1S/C18H14BrN3O3S/c19-13-10-15-14(24-6-7-25-15)8-12(13)9-16(23)20-18-22-21-17(26-18)11-4-2-1-3-5-11/h1-5,8,10H,6-7,9H2,(H,20,22,23). The summed E-state index contributed by atoms with van der Waals surface area (Å²) in [6.45, 7) is 1.04. The molecule has 0 aliphatic carbocycles. The minimum Gasteiger partial charge on any atom is -0.486 e. The number of ether oxygens (including phenoxy) is 2. The summed E-state index contributed by atoms with van der Waals surface area (Å²) in [4.78, 5) is 12.4. The Kier molecular flexibility index (Phi) is 4.85. The van der Waals surface area contributed by atoms with Gasteiger partial charge in [-0.3, -0.25) is 4.79 Å². The Morgan fingerprint density at radius 2 is 1.85 bits per heavy atom. The second-order valence-corrected chi connectivity index (χ2v) is 7.42. The maximum Gasteiger partial charge on any atom is 0.230 e. The highest BCUT2D eigenvalue weighted by Gasteiger charge is 2.17. The highest BCUT2D eigenvalue weighted by Crippen LogP contribution is 2.36.